The van der Waals surface area contributed by atoms with Crippen molar-refractivity contribution in [2.45, 2.75) is 32.7 Å². The molecule has 2 aromatic rings. The first kappa shape index (κ1) is 15.6. The van der Waals surface area contributed by atoms with E-state index in [-0.39, 0.29) is 6.04 Å². The molecule has 0 aliphatic heterocycles. The van der Waals surface area contributed by atoms with Crippen LogP contribution in [0.3, 0.4) is 0 Å². The van der Waals surface area contributed by atoms with Crippen LogP contribution >= 0.6 is 0 Å². The molecular weight excluding hydrogens is 262 g/mol. The van der Waals surface area contributed by atoms with Crippen molar-refractivity contribution in [1.29, 1.82) is 0 Å². The maximum absolute atomic E-state index is 5.49. The summed E-state index contributed by atoms with van der Waals surface area (Å²) in [5.74, 6) is 0.944. The van der Waals surface area contributed by atoms with E-state index in [0.29, 0.717) is 0 Å². The van der Waals surface area contributed by atoms with Crippen molar-refractivity contribution >= 4 is 0 Å². The molecule has 0 aliphatic carbocycles. The van der Waals surface area contributed by atoms with Gasteiger partial charge in [-0.15, -0.1) is 0 Å². The molecule has 0 saturated carbocycles. The molecule has 1 aromatic heterocycles. The van der Waals surface area contributed by atoms with E-state index in [1.165, 1.54) is 11.1 Å². The standard InChI is InChI=1S/C17H25N3O/c1-5-9-18-16(15-8-10-20(3)19-15)12-14-11-13(2)6-7-17(14)21-4/h6-8,10-11,16,18H,5,9,12H2,1-4H3. The fraction of sp³-hybridized carbons (Fsp3) is 0.471. The van der Waals surface area contributed by atoms with Crippen molar-refractivity contribution in [1.82, 2.24) is 15.1 Å². The predicted octanol–water partition coefficient (Wildman–Crippen LogP) is 3.02. The minimum Gasteiger partial charge on any atom is -0.496 e. The molecule has 0 fully saturated rings. The van der Waals surface area contributed by atoms with Gasteiger partial charge in [-0.3, -0.25) is 4.68 Å². The molecule has 0 saturated heterocycles. The van der Waals surface area contributed by atoms with Gasteiger partial charge in [0.25, 0.3) is 0 Å². The highest BCUT2D eigenvalue weighted by Gasteiger charge is 2.16. The number of benzene rings is 1. The van der Waals surface area contributed by atoms with Crippen LogP contribution in [-0.4, -0.2) is 23.4 Å². The van der Waals surface area contributed by atoms with Crippen LogP contribution in [0.2, 0.25) is 0 Å². The Balaban J connectivity index is 2.24. The second-order valence-corrected chi connectivity index (χ2v) is 5.44. The third-order valence-corrected chi connectivity index (χ3v) is 3.59. The number of nitrogens with one attached hydrogen (secondary N) is 1. The summed E-state index contributed by atoms with van der Waals surface area (Å²) in [6, 6.07) is 8.61. The third-order valence-electron chi connectivity index (χ3n) is 3.59. The fourth-order valence-corrected chi connectivity index (χ4v) is 2.51. The Morgan fingerprint density at radius 3 is 2.76 bits per heavy atom. The van der Waals surface area contributed by atoms with Gasteiger partial charge in [0, 0.05) is 13.2 Å². The van der Waals surface area contributed by atoms with Crippen LogP contribution in [0.4, 0.5) is 0 Å². The van der Waals surface area contributed by atoms with Gasteiger partial charge in [-0.1, -0.05) is 24.6 Å². The topological polar surface area (TPSA) is 39.1 Å². The number of rotatable bonds is 7. The van der Waals surface area contributed by atoms with Gasteiger partial charge < -0.3 is 10.1 Å². The van der Waals surface area contributed by atoms with E-state index in [0.717, 1.165) is 30.8 Å². The van der Waals surface area contributed by atoms with Crippen molar-refractivity contribution in [2.75, 3.05) is 13.7 Å². The van der Waals surface area contributed by atoms with Gasteiger partial charge in [0.2, 0.25) is 0 Å². The van der Waals surface area contributed by atoms with Gasteiger partial charge in [0.1, 0.15) is 5.75 Å². The van der Waals surface area contributed by atoms with Gasteiger partial charge in [0.05, 0.1) is 18.8 Å². The van der Waals surface area contributed by atoms with Crippen molar-refractivity contribution in [3.05, 3.63) is 47.3 Å². The monoisotopic (exact) mass is 287 g/mol. The molecule has 1 N–H and O–H groups in total. The zero-order valence-corrected chi connectivity index (χ0v) is 13.4. The second-order valence-electron chi connectivity index (χ2n) is 5.44. The number of nitrogens with zero attached hydrogens (tertiary/aromatic N) is 2. The molecule has 1 aromatic carbocycles. The van der Waals surface area contributed by atoms with Gasteiger partial charge in [-0.25, -0.2) is 0 Å². The molecule has 21 heavy (non-hydrogen) atoms. The highest BCUT2D eigenvalue weighted by Crippen LogP contribution is 2.25. The van der Waals surface area contributed by atoms with Crippen LogP contribution in [0, 0.1) is 6.92 Å². The third kappa shape index (κ3) is 4.08. The highest BCUT2D eigenvalue weighted by molar-refractivity contribution is 5.38. The van der Waals surface area contributed by atoms with Crippen molar-refractivity contribution in [2.24, 2.45) is 7.05 Å². The lowest BCUT2D eigenvalue weighted by atomic mass is 10.0. The minimum atomic E-state index is 0.210. The molecule has 4 nitrogen and oxygen atoms in total. The second kappa shape index (κ2) is 7.27. The zero-order chi connectivity index (χ0) is 15.2. The Morgan fingerprint density at radius 2 is 2.14 bits per heavy atom. The summed E-state index contributed by atoms with van der Waals surface area (Å²) in [5.41, 5.74) is 3.55. The molecule has 4 heteroatoms. The summed E-state index contributed by atoms with van der Waals surface area (Å²) in [7, 11) is 3.68. The Bertz CT molecular complexity index is 577. The SMILES string of the molecule is CCCNC(Cc1cc(C)ccc1OC)c1ccn(C)n1. The zero-order valence-electron chi connectivity index (χ0n) is 13.4. The van der Waals surface area contributed by atoms with Gasteiger partial charge in [0.15, 0.2) is 0 Å². The van der Waals surface area contributed by atoms with E-state index in [4.69, 9.17) is 4.74 Å². The molecule has 0 radical (unpaired) electrons. The number of aryl methyl sites for hydroxylation is 2. The summed E-state index contributed by atoms with van der Waals surface area (Å²) in [4.78, 5) is 0. The highest BCUT2D eigenvalue weighted by atomic mass is 16.5. The maximum Gasteiger partial charge on any atom is 0.122 e. The van der Waals surface area contributed by atoms with Crippen molar-refractivity contribution < 1.29 is 4.74 Å². The Labute approximate surface area is 127 Å². The first-order valence-corrected chi connectivity index (χ1v) is 7.50. The van der Waals surface area contributed by atoms with Gasteiger partial charge in [-0.05, 0) is 44.0 Å². The van der Waals surface area contributed by atoms with Crippen LogP contribution in [0.25, 0.3) is 0 Å². The first-order chi connectivity index (χ1) is 10.1. The van der Waals surface area contributed by atoms with E-state index in [9.17, 15) is 0 Å². The van der Waals surface area contributed by atoms with Gasteiger partial charge >= 0.3 is 0 Å². The normalized spacial score (nSPS) is 12.4. The lowest BCUT2D eigenvalue weighted by molar-refractivity contribution is 0.404. The minimum absolute atomic E-state index is 0.210. The molecule has 1 unspecified atom stereocenters. The van der Waals surface area contributed by atoms with Crippen LogP contribution in [-0.2, 0) is 13.5 Å². The first-order valence-electron chi connectivity index (χ1n) is 7.50. The molecule has 1 heterocycles. The van der Waals surface area contributed by atoms with Crippen molar-refractivity contribution in [3.8, 4) is 5.75 Å². The lowest BCUT2D eigenvalue weighted by Gasteiger charge is -2.18. The molecular formula is C17H25N3O. The number of hydrogen-bond donors (Lipinski definition) is 1. The molecule has 0 amide bonds. The number of aromatic nitrogens is 2. The smallest absolute Gasteiger partial charge is 0.122 e. The maximum atomic E-state index is 5.49. The van der Waals surface area contributed by atoms with Crippen molar-refractivity contribution in [3.63, 3.8) is 0 Å². The summed E-state index contributed by atoms with van der Waals surface area (Å²) < 4.78 is 7.34. The summed E-state index contributed by atoms with van der Waals surface area (Å²) in [6.07, 6.45) is 3.97. The van der Waals surface area contributed by atoms with E-state index in [1.54, 1.807) is 7.11 Å². The molecule has 0 spiro atoms. The summed E-state index contributed by atoms with van der Waals surface area (Å²) in [6.45, 7) is 5.27. The predicted molar refractivity (Wildman–Crippen MR) is 85.7 cm³/mol. The van der Waals surface area contributed by atoms with Crippen LogP contribution < -0.4 is 10.1 Å². The van der Waals surface area contributed by atoms with E-state index >= 15 is 0 Å². The summed E-state index contributed by atoms with van der Waals surface area (Å²) >= 11 is 0. The molecule has 114 valence electrons. The average Bonchev–Trinajstić information content (AvgIpc) is 2.90. The van der Waals surface area contributed by atoms with E-state index in [2.05, 4.69) is 42.5 Å². The molecule has 2 rings (SSSR count). The van der Waals surface area contributed by atoms with E-state index in [1.807, 2.05) is 24.0 Å². The largest absolute Gasteiger partial charge is 0.496 e. The van der Waals surface area contributed by atoms with Crippen LogP contribution in [0.5, 0.6) is 5.75 Å². The number of methoxy groups -OCH3 is 1. The van der Waals surface area contributed by atoms with E-state index < -0.39 is 0 Å². The van der Waals surface area contributed by atoms with Crippen LogP contribution in [0.15, 0.2) is 30.5 Å². The quantitative estimate of drug-likeness (QED) is 0.851. The summed E-state index contributed by atoms with van der Waals surface area (Å²) in [5, 5.41) is 8.14. The molecule has 1 atom stereocenters. The van der Waals surface area contributed by atoms with Gasteiger partial charge in [-0.2, -0.15) is 5.10 Å². The molecule has 0 bridgehead atoms. The number of hydrogen-bond acceptors (Lipinski definition) is 3. The Hall–Kier alpha value is -1.81. The van der Waals surface area contributed by atoms with Crippen LogP contribution in [0.1, 0.15) is 36.2 Å². The average molecular weight is 287 g/mol. The Morgan fingerprint density at radius 1 is 1.33 bits per heavy atom. The Kier molecular flexibility index (Phi) is 5.39. The lowest BCUT2D eigenvalue weighted by Crippen LogP contribution is -2.25. The molecule has 0 aliphatic rings. The fourth-order valence-electron chi connectivity index (χ4n) is 2.51. The number of ether oxygens (including phenoxy) is 1.